The van der Waals surface area contributed by atoms with E-state index in [-0.39, 0.29) is 0 Å². The molecule has 0 saturated carbocycles. The molecule has 0 N–H and O–H groups in total. The molecule has 0 radical (unpaired) electrons. The van der Waals surface area contributed by atoms with Gasteiger partial charge in [0, 0.05) is 19.6 Å². The first kappa shape index (κ1) is 9.33. The van der Waals surface area contributed by atoms with Gasteiger partial charge < -0.3 is 9.47 Å². The van der Waals surface area contributed by atoms with E-state index in [0.29, 0.717) is 0 Å². The third-order valence-electron chi connectivity index (χ3n) is 2.84. The summed E-state index contributed by atoms with van der Waals surface area (Å²) in [6.07, 6.45) is 7.73. The Morgan fingerprint density at radius 3 is 2.75 bits per heavy atom. The van der Waals surface area contributed by atoms with Gasteiger partial charge in [0.2, 0.25) is 0 Å². The van der Waals surface area contributed by atoms with Gasteiger partial charge in [0.05, 0.1) is 6.33 Å². The summed E-state index contributed by atoms with van der Waals surface area (Å²) in [6.45, 7) is 4.78. The van der Waals surface area contributed by atoms with Crippen LogP contribution in [0.15, 0.2) is 24.8 Å². The Morgan fingerprint density at radius 1 is 1.19 bits per heavy atom. The highest BCUT2D eigenvalue weighted by molar-refractivity contribution is 5.83. The number of hydrogen-bond donors (Lipinski definition) is 0. The van der Waals surface area contributed by atoms with Crippen molar-refractivity contribution in [2.75, 3.05) is 18.0 Å². The van der Waals surface area contributed by atoms with Crippen LogP contribution in [0.25, 0.3) is 11.2 Å². The molecule has 5 nitrogen and oxygen atoms in total. The van der Waals surface area contributed by atoms with Crippen LogP contribution in [0.4, 0.5) is 5.82 Å². The highest BCUT2D eigenvalue weighted by atomic mass is 15.2. The standard InChI is InChI=1S/C11H13N5/c1-2-15-8-14-9-10(15)12-7-13-11(9)16-5-3-4-6-16/h3-4,7-8H,2,5-6H2,1H3. The zero-order valence-corrected chi connectivity index (χ0v) is 9.17. The van der Waals surface area contributed by atoms with Crippen LogP contribution in [0.2, 0.25) is 0 Å². The first-order valence-electron chi connectivity index (χ1n) is 5.46. The highest BCUT2D eigenvalue weighted by Crippen LogP contribution is 2.22. The van der Waals surface area contributed by atoms with Gasteiger partial charge in [-0.15, -0.1) is 0 Å². The van der Waals surface area contributed by atoms with Crippen LogP contribution in [0.3, 0.4) is 0 Å². The zero-order chi connectivity index (χ0) is 11.0. The van der Waals surface area contributed by atoms with E-state index in [2.05, 4.69) is 38.9 Å². The van der Waals surface area contributed by atoms with Gasteiger partial charge >= 0.3 is 0 Å². The SMILES string of the molecule is CCn1cnc2c(N3CC=CC3)ncnc21. The van der Waals surface area contributed by atoms with Crippen LogP contribution < -0.4 is 4.90 Å². The second-order valence-electron chi connectivity index (χ2n) is 3.78. The van der Waals surface area contributed by atoms with Crippen molar-refractivity contribution in [3.05, 3.63) is 24.8 Å². The van der Waals surface area contributed by atoms with Crippen LogP contribution in [0, 0.1) is 0 Å². The fourth-order valence-electron chi connectivity index (χ4n) is 1.98. The Labute approximate surface area is 93.4 Å². The number of hydrogen-bond acceptors (Lipinski definition) is 4. The molecule has 5 heteroatoms. The first-order chi connectivity index (χ1) is 7.90. The Morgan fingerprint density at radius 2 is 2.00 bits per heavy atom. The van der Waals surface area contributed by atoms with Gasteiger partial charge in [0.25, 0.3) is 0 Å². The van der Waals surface area contributed by atoms with E-state index in [0.717, 1.165) is 36.6 Å². The van der Waals surface area contributed by atoms with Gasteiger partial charge in [-0.3, -0.25) is 0 Å². The van der Waals surface area contributed by atoms with E-state index in [1.807, 2.05) is 10.9 Å². The van der Waals surface area contributed by atoms with Crippen molar-refractivity contribution in [3.8, 4) is 0 Å². The van der Waals surface area contributed by atoms with Crippen molar-refractivity contribution in [1.82, 2.24) is 19.5 Å². The first-order valence-corrected chi connectivity index (χ1v) is 5.46. The van der Waals surface area contributed by atoms with Crippen LogP contribution >= 0.6 is 0 Å². The predicted octanol–water partition coefficient (Wildman–Crippen LogP) is 1.22. The molecule has 0 amide bonds. The molecule has 2 aromatic heterocycles. The number of aryl methyl sites for hydroxylation is 1. The maximum Gasteiger partial charge on any atom is 0.165 e. The summed E-state index contributed by atoms with van der Waals surface area (Å²) in [6, 6.07) is 0. The summed E-state index contributed by atoms with van der Waals surface area (Å²) >= 11 is 0. The minimum Gasteiger partial charge on any atom is -0.347 e. The Bertz CT molecular complexity index is 534. The monoisotopic (exact) mass is 215 g/mol. The average molecular weight is 215 g/mol. The van der Waals surface area contributed by atoms with E-state index >= 15 is 0 Å². The predicted molar refractivity (Wildman–Crippen MR) is 62.4 cm³/mol. The maximum absolute atomic E-state index is 4.40. The number of aromatic nitrogens is 4. The quantitative estimate of drug-likeness (QED) is 0.707. The largest absolute Gasteiger partial charge is 0.347 e. The van der Waals surface area contributed by atoms with Gasteiger partial charge in [-0.2, -0.15) is 0 Å². The topological polar surface area (TPSA) is 46.8 Å². The molecular formula is C11H13N5. The maximum atomic E-state index is 4.40. The number of nitrogens with zero attached hydrogens (tertiary/aromatic N) is 5. The summed E-state index contributed by atoms with van der Waals surface area (Å²) in [4.78, 5) is 15.2. The molecule has 1 aliphatic heterocycles. The molecule has 2 aromatic rings. The third kappa shape index (κ3) is 1.28. The number of rotatable bonds is 2. The summed E-state index contributed by atoms with van der Waals surface area (Å²) in [5, 5.41) is 0. The van der Waals surface area contributed by atoms with E-state index in [9.17, 15) is 0 Å². The van der Waals surface area contributed by atoms with Gasteiger partial charge in [0.1, 0.15) is 6.33 Å². The molecule has 0 fully saturated rings. The third-order valence-corrected chi connectivity index (χ3v) is 2.84. The Kier molecular flexibility index (Phi) is 2.09. The van der Waals surface area contributed by atoms with E-state index in [1.54, 1.807) is 6.33 Å². The fraction of sp³-hybridized carbons (Fsp3) is 0.364. The summed E-state index contributed by atoms with van der Waals surface area (Å²) < 4.78 is 2.03. The van der Waals surface area contributed by atoms with Gasteiger partial charge in [-0.1, -0.05) is 12.2 Å². The molecule has 0 atom stereocenters. The van der Waals surface area contributed by atoms with Crippen molar-refractivity contribution in [3.63, 3.8) is 0 Å². The molecule has 0 saturated heterocycles. The summed E-state index contributed by atoms with van der Waals surface area (Å²) in [5.41, 5.74) is 1.81. The van der Waals surface area contributed by atoms with Crippen LogP contribution in [-0.4, -0.2) is 32.6 Å². The van der Waals surface area contributed by atoms with Crippen LogP contribution in [0.1, 0.15) is 6.92 Å². The van der Waals surface area contributed by atoms with Gasteiger partial charge in [-0.25, -0.2) is 15.0 Å². The molecular weight excluding hydrogens is 202 g/mol. The number of anilines is 1. The zero-order valence-electron chi connectivity index (χ0n) is 9.17. The number of fused-ring (bicyclic) bond motifs is 1. The Hall–Kier alpha value is -1.91. The lowest BCUT2D eigenvalue weighted by atomic mass is 10.4. The molecule has 3 rings (SSSR count). The molecule has 3 heterocycles. The highest BCUT2D eigenvalue weighted by Gasteiger charge is 2.15. The van der Waals surface area contributed by atoms with Crippen molar-refractivity contribution in [2.24, 2.45) is 0 Å². The van der Waals surface area contributed by atoms with Crippen molar-refractivity contribution < 1.29 is 0 Å². The molecule has 0 aromatic carbocycles. The molecule has 0 unspecified atom stereocenters. The van der Waals surface area contributed by atoms with Crippen molar-refractivity contribution in [1.29, 1.82) is 0 Å². The average Bonchev–Trinajstić information content (AvgIpc) is 2.97. The second-order valence-corrected chi connectivity index (χ2v) is 3.78. The van der Waals surface area contributed by atoms with Gasteiger partial charge in [-0.05, 0) is 6.92 Å². The molecule has 0 bridgehead atoms. The minimum absolute atomic E-state index is 0.880. The number of imidazole rings is 1. The lowest BCUT2D eigenvalue weighted by molar-refractivity contribution is 0.777. The van der Waals surface area contributed by atoms with Gasteiger partial charge in [0.15, 0.2) is 17.0 Å². The molecule has 0 aliphatic carbocycles. The Balaban J connectivity index is 2.14. The van der Waals surface area contributed by atoms with Crippen LogP contribution in [0.5, 0.6) is 0 Å². The lowest BCUT2D eigenvalue weighted by Gasteiger charge is -2.15. The summed E-state index contributed by atoms with van der Waals surface area (Å²) in [5.74, 6) is 0.933. The second kappa shape index (κ2) is 3.59. The van der Waals surface area contributed by atoms with Crippen molar-refractivity contribution in [2.45, 2.75) is 13.5 Å². The van der Waals surface area contributed by atoms with E-state index in [1.165, 1.54) is 0 Å². The summed E-state index contributed by atoms with van der Waals surface area (Å²) in [7, 11) is 0. The lowest BCUT2D eigenvalue weighted by Crippen LogP contribution is -2.20. The molecule has 82 valence electrons. The fourth-order valence-corrected chi connectivity index (χ4v) is 1.98. The van der Waals surface area contributed by atoms with E-state index in [4.69, 9.17) is 0 Å². The molecule has 16 heavy (non-hydrogen) atoms. The molecule has 1 aliphatic rings. The van der Waals surface area contributed by atoms with Crippen molar-refractivity contribution >= 4 is 17.0 Å². The van der Waals surface area contributed by atoms with Crippen LogP contribution in [-0.2, 0) is 6.54 Å². The van der Waals surface area contributed by atoms with E-state index < -0.39 is 0 Å². The molecule has 0 spiro atoms. The minimum atomic E-state index is 0.880. The smallest absolute Gasteiger partial charge is 0.165 e. The normalized spacial score (nSPS) is 15.2.